The summed E-state index contributed by atoms with van der Waals surface area (Å²) in [7, 11) is -1.00. The highest BCUT2D eigenvalue weighted by Gasteiger charge is 2.35. The molecule has 1 aromatic carbocycles. The molecule has 1 aromatic rings. The fourth-order valence-electron chi connectivity index (χ4n) is 2.57. The largest absolute Gasteiger partial charge is 0.304 e. The summed E-state index contributed by atoms with van der Waals surface area (Å²) in [6, 6.07) is 7.77. The molecule has 0 unspecified atom stereocenters. The Labute approximate surface area is 127 Å². The number of nitrogens with one attached hydrogen (secondary N) is 1. The zero-order valence-corrected chi connectivity index (χ0v) is 13.3. The Morgan fingerprint density at radius 2 is 1.71 bits per heavy atom. The van der Waals surface area contributed by atoms with Gasteiger partial charge in [0.05, 0.1) is 5.25 Å². The van der Waals surface area contributed by atoms with Crippen LogP contribution in [0.25, 0.3) is 0 Å². The zero-order valence-electron chi connectivity index (χ0n) is 12.5. The molecule has 1 saturated heterocycles. The van der Waals surface area contributed by atoms with Gasteiger partial charge in [-0.1, -0.05) is 12.1 Å². The van der Waals surface area contributed by atoms with Crippen molar-refractivity contribution in [3.05, 3.63) is 29.8 Å². The van der Waals surface area contributed by atoms with Crippen molar-refractivity contribution < 1.29 is 8.42 Å². The van der Waals surface area contributed by atoms with E-state index in [0.29, 0.717) is 5.69 Å². The van der Waals surface area contributed by atoms with Crippen LogP contribution in [-0.2, 0) is 16.6 Å². The number of nitrogens with zero attached hydrogens (tertiary/aromatic N) is 2. The standard InChI is InChI=1S/C15H23N3O2S/c1-17-8-10-18(11-9-17)12-13-2-4-14(5-3-13)16-21(19,20)15-6-7-15/h2-5,15-16H,6-12H2,1H3. The topological polar surface area (TPSA) is 52.6 Å². The van der Waals surface area contributed by atoms with Crippen LogP contribution in [0.5, 0.6) is 0 Å². The van der Waals surface area contributed by atoms with E-state index in [0.717, 1.165) is 45.6 Å². The fourth-order valence-corrected chi connectivity index (χ4v) is 3.96. The number of benzene rings is 1. The normalized spacial score (nSPS) is 21.4. The van der Waals surface area contributed by atoms with Crippen molar-refractivity contribution >= 4 is 15.7 Å². The number of piperazine rings is 1. The molecule has 1 aliphatic carbocycles. The van der Waals surface area contributed by atoms with E-state index in [4.69, 9.17) is 0 Å². The molecule has 0 atom stereocenters. The van der Waals surface area contributed by atoms with Gasteiger partial charge in [0.2, 0.25) is 10.0 Å². The van der Waals surface area contributed by atoms with Gasteiger partial charge in [0.15, 0.2) is 0 Å². The maximum Gasteiger partial charge on any atom is 0.235 e. The molecule has 1 aliphatic heterocycles. The Morgan fingerprint density at radius 3 is 2.29 bits per heavy atom. The van der Waals surface area contributed by atoms with Crippen molar-refractivity contribution in [1.29, 1.82) is 0 Å². The van der Waals surface area contributed by atoms with Gasteiger partial charge < -0.3 is 4.90 Å². The lowest BCUT2D eigenvalue weighted by Crippen LogP contribution is -2.43. The average molecular weight is 309 g/mol. The summed E-state index contributed by atoms with van der Waals surface area (Å²) in [4.78, 5) is 4.77. The van der Waals surface area contributed by atoms with Crippen LogP contribution in [0.2, 0.25) is 0 Å². The van der Waals surface area contributed by atoms with E-state index in [9.17, 15) is 8.42 Å². The molecule has 3 rings (SSSR count). The average Bonchev–Trinajstić information content (AvgIpc) is 3.28. The van der Waals surface area contributed by atoms with E-state index in [2.05, 4.69) is 21.6 Å². The molecular weight excluding hydrogens is 286 g/mol. The quantitative estimate of drug-likeness (QED) is 0.892. The van der Waals surface area contributed by atoms with Gasteiger partial charge >= 0.3 is 0 Å². The maximum atomic E-state index is 11.9. The second-order valence-electron chi connectivity index (χ2n) is 6.12. The third-order valence-corrected chi connectivity index (χ3v) is 6.05. The highest BCUT2D eigenvalue weighted by molar-refractivity contribution is 7.93. The molecule has 0 amide bonds. The smallest absolute Gasteiger partial charge is 0.235 e. The number of hydrogen-bond acceptors (Lipinski definition) is 4. The second kappa shape index (κ2) is 5.94. The number of rotatable bonds is 5. The van der Waals surface area contributed by atoms with Crippen LogP contribution in [0.15, 0.2) is 24.3 Å². The molecule has 6 heteroatoms. The van der Waals surface area contributed by atoms with Crippen LogP contribution in [-0.4, -0.2) is 56.7 Å². The van der Waals surface area contributed by atoms with Crippen molar-refractivity contribution in [3.8, 4) is 0 Å². The summed E-state index contributed by atoms with van der Waals surface area (Å²) < 4.78 is 26.4. The van der Waals surface area contributed by atoms with E-state index in [1.54, 1.807) is 0 Å². The fraction of sp³-hybridized carbons (Fsp3) is 0.600. The van der Waals surface area contributed by atoms with Gasteiger partial charge in [0, 0.05) is 38.4 Å². The van der Waals surface area contributed by atoms with Gasteiger partial charge in [-0.15, -0.1) is 0 Å². The summed E-state index contributed by atoms with van der Waals surface area (Å²) in [5.74, 6) is 0. The number of hydrogen-bond donors (Lipinski definition) is 1. The van der Waals surface area contributed by atoms with Gasteiger partial charge in [-0.05, 0) is 37.6 Å². The Kier molecular flexibility index (Phi) is 4.19. The summed E-state index contributed by atoms with van der Waals surface area (Å²) in [6.07, 6.45) is 1.58. The van der Waals surface area contributed by atoms with Crippen LogP contribution < -0.4 is 4.72 Å². The predicted octanol–water partition coefficient (Wildman–Crippen LogP) is 1.34. The second-order valence-corrected chi connectivity index (χ2v) is 8.08. The third-order valence-electron chi connectivity index (χ3n) is 4.18. The highest BCUT2D eigenvalue weighted by Crippen LogP contribution is 2.29. The highest BCUT2D eigenvalue weighted by atomic mass is 32.2. The molecule has 1 heterocycles. The number of anilines is 1. The summed E-state index contributed by atoms with van der Waals surface area (Å²) in [6.45, 7) is 5.33. The van der Waals surface area contributed by atoms with Crippen LogP contribution in [0.1, 0.15) is 18.4 Å². The Bertz CT molecular complexity index is 573. The molecule has 5 nitrogen and oxygen atoms in total. The molecule has 0 bridgehead atoms. The Morgan fingerprint density at radius 1 is 1.10 bits per heavy atom. The third kappa shape index (κ3) is 3.96. The summed E-state index contributed by atoms with van der Waals surface area (Å²) in [5.41, 5.74) is 1.90. The van der Waals surface area contributed by atoms with E-state index in [1.807, 2.05) is 24.3 Å². The van der Waals surface area contributed by atoms with Gasteiger partial charge in [-0.25, -0.2) is 8.42 Å². The first-order chi connectivity index (χ1) is 10.0. The molecule has 0 aromatic heterocycles. The zero-order chi connectivity index (χ0) is 14.9. The maximum absolute atomic E-state index is 11.9. The summed E-state index contributed by atoms with van der Waals surface area (Å²) >= 11 is 0. The van der Waals surface area contributed by atoms with Crippen LogP contribution in [0.4, 0.5) is 5.69 Å². The minimum Gasteiger partial charge on any atom is -0.304 e. The Hall–Kier alpha value is -1.11. The molecule has 0 spiro atoms. The molecule has 0 radical (unpaired) electrons. The first kappa shape index (κ1) is 14.8. The molecule has 1 N–H and O–H groups in total. The molecule has 21 heavy (non-hydrogen) atoms. The Balaban J connectivity index is 1.56. The van der Waals surface area contributed by atoms with Crippen LogP contribution >= 0.6 is 0 Å². The number of likely N-dealkylation sites (N-methyl/N-ethyl adjacent to an activating group) is 1. The summed E-state index contributed by atoms with van der Waals surface area (Å²) in [5, 5.41) is -0.178. The van der Waals surface area contributed by atoms with Crippen molar-refractivity contribution in [2.24, 2.45) is 0 Å². The van der Waals surface area contributed by atoms with Crippen molar-refractivity contribution in [2.45, 2.75) is 24.6 Å². The lowest BCUT2D eigenvalue weighted by molar-refractivity contribution is 0.148. The first-order valence-corrected chi connectivity index (χ1v) is 9.09. The van der Waals surface area contributed by atoms with E-state index < -0.39 is 10.0 Å². The molecule has 116 valence electrons. The molecule has 2 aliphatic rings. The van der Waals surface area contributed by atoms with Crippen molar-refractivity contribution in [3.63, 3.8) is 0 Å². The van der Waals surface area contributed by atoms with Crippen LogP contribution in [0, 0.1) is 0 Å². The van der Waals surface area contributed by atoms with Gasteiger partial charge in [0.25, 0.3) is 0 Å². The van der Waals surface area contributed by atoms with Gasteiger partial charge in [-0.3, -0.25) is 9.62 Å². The first-order valence-electron chi connectivity index (χ1n) is 7.54. The molecule has 2 fully saturated rings. The SMILES string of the molecule is CN1CCN(Cc2ccc(NS(=O)(=O)C3CC3)cc2)CC1. The lowest BCUT2D eigenvalue weighted by Gasteiger charge is -2.32. The monoisotopic (exact) mass is 309 g/mol. The van der Waals surface area contributed by atoms with E-state index in [1.165, 1.54) is 5.56 Å². The van der Waals surface area contributed by atoms with E-state index >= 15 is 0 Å². The minimum absolute atomic E-state index is 0.178. The van der Waals surface area contributed by atoms with Crippen molar-refractivity contribution in [2.75, 3.05) is 37.9 Å². The predicted molar refractivity (Wildman–Crippen MR) is 84.8 cm³/mol. The lowest BCUT2D eigenvalue weighted by atomic mass is 10.2. The molecular formula is C15H23N3O2S. The van der Waals surface area contributed by atoms with Gasteiger partial charge in [-0.2, -0.15) is 0 Å². The van der Waals surface area contributed by atoms with Crippen LogP contribution in [0.3, 0.4) is 0 Å². The molecule has 1 saturated carbocycles. The van der Waals surface area contributed by atoms with E-state index in [-0.39, 0.29) is 5.25 Å². The number of sulfonamides is 1. The minimum atomic E-state index is -3.15. The van der Waals surface area contributed by atoms with Gasteiger partial charge in [0.1, 0.15) is 0 Å². The van der Waals surface area contributed by atoms with Crippen molar-refractivity contribution in [1.82, 2.24) is 9.80 Å².